The Kier molecular flexibility index (Phi) is 5.12. The number of nitrogens with zero attached hydrogens (tertiary/aromatic N) is 3. The Morgan fingerprint density at radius 3 is 2.50 bits per heavy atom. The molecule has 1 N–H and O–H groups in total. The second-order valence-corrected chi connectivity index (χ2v) is 6.98. The first-order valence-corrected chi connectivity index (χ1v) is 8.87. The summed E-state index contributed by atoms with van der Waals surface area (Å²) in [6, 6.07) is 5.06. The summed E-state index contributed by atoms with van der Waals surface area (Å²) in [6.07, 6.45) is -1.54. The molecule has 0 bridgehead atoms. The van der Waals surface area contributed by atoms with Crippen LogP contribution in [0.15, 0.2) is 30.5 Å². The van der Waals surface area contributed by atoms with Gasteiger partial charge < -0.3 is 5.11 Å². The van der Waals surface area contributed by atoms with Crippen LogP contribution in [0.4, 0.5) is 13.2 Å². The molecule has 1 saturated heterocycles. The molecule has 4 nitrogen and oxygen atoms in total. The molecule has 0 spiro atoms. The average Bonchev–Trinajstić information content (AvgIpc) is 2.96. The first kappa shape index (κ1) is 18.9. The highest BCUT2D eigenvalue weighted by Gasteiger charge is 2.37. The van der Waals surface area contributed by atoms with E-state index in [-0.39, 0.29) is 0 Å². The zero-order valence-electron chi connectivity index (χ0n) is 15.1. The van der Waals surface area contributed by atoms with E-state index in [1.165, 1.54) is 6.07 Å². The maximum Gasteiger partial charge on any atom is 0.416 e. The molecule has 0 unspecified atom stereocenters. The second-order valence-electron chi connectivity index (χ2n) is 6.98. The van der Waals surface area contributed by atoms with E-state index in [0.29, 0.717) is 31.5 Å². The lowest BCUT2D eigenvalue weighted by molar-refractivity contribution is -0.137. The summed E-state index contributed by atoms with van der Waals surface area (Å²) in [5.41, 5.74) is 0.567. The molecule has 0 atom stereocenters. The van der Waals surface area contributed by atoms with Crippen LogP contribution in [-0.2, 0) is 24.9 Å². The number of hydrogen-bond acceptors (Lipinski definition) is 3. The molecule has 26 heavy (non-hydrogen) atoms. The summed E-state index contributed by atoms with van der Waals surface area (Å²) in [5, 5.41) is 15.3. The number of halogens is 3. The first-order valence-electron chi connectivity index (χ1n) is 8.87. The van der Waals surface area contributed by atoms with Crippen LogP contribution in [0.25, 0.3) is 0 Å². The van der Waals surface area contributed by atoms with E-state index in [9.17, 15) is 18.3 Å². The van der Waals surface area contributed by atoms with Gasteiger partial charge in [0.2, 0.25) is 0 Å². The molecule has 0 radical (unpaired) electrons. The Morgan fingerprint density at radius 2 is 1.92 bits per heavy atom. The van der Waals surface area contributed by atoms with Crippen molar-refractivity contribution in [2.75, 3.05) is 13.1 Å². The predicted molar refractivity (Wildman–Crippen MR) is 92.5 cm³/mol. The highest BCUT2D eigenvalue weighted by Crippen LogP contribution is 2.37. The number of likely N-dealkylation sites (tertiary alicyclic amines) is 1. The largest absolute Gasteiger partial charge is 0.416 e. The molecule has 142 valence electrons. The fourth-order valence-electron chi connectivity index (χ4n) is 3.47. The van der Waals surface area contributed by atoms with Crippen molar-refractivity contribution in [3.8, 4) is 0 Å². The van der Waals surface area contributed by atoms with E-state index in [0.717, 1.165) is 36.5 Å². The highest BCUT2D eigenvalue weighted by molar-refractivity contribution is 5.30. The molecule has 1 aromatic carbocycles. The summed E-state index contributed by atoms with van der Waals surface area (Å²) in [4.78, 5) is 2.21. The lowest BCUT2D eigenvalue weighted by Crippen LogP contribution is -2.42. The minimum absolute atomic E-state index is 0.349. The van der Waals surface area contributed by atoms with Crippen LogP contribution in [0.2, 0.25) is 0 Å². The van der Waals surface area contributed by atoms with Crippen LogP contribution in [0, 0.1) is 6.92 Å². The number of benzene rings is 1. The van der Waals surface area contributed by atoms with Gasteiger partial charge in [0.1, 0.15) is 0 Å². The van der Waals surface area contributed by atoms with Gasteiger partial charge in [0, 0.05) is 37.9 Å². The van der Waals surface area contributed by atoms with Crippen LogP contribution in [0.3, 0.4) is 0 Å². The van der Waals surface area contributed by atoms with Crippen LogP contribution in [-0.4, -0.2) is 32.9 Å². The molecule has 0 amide bonds. The number of rotatable bonds is 4. The van der Waals surface area contributed by atoms with Gasteiger partial charge in [-0.1, -0.05) is 12.1 Å². The molecule has 2 heterocycles. The lowest BCUT2D eigenvalue weighted by atomic mass is 9.83. The standard InChI is InChI=1S/C19H24F3N3O/c1-3-25-13-15(14(2)23-25)12-24-9-7-18(26,8-10-24)16-5-4-6-17(11-16)19(20,21)22/h4-6,11,13,26H,3,7-10,12H2,1-2H3. The molecule has 1 aliphatic heterocycles. The summed E-state index contributed by atoms with van der Waals surface area (Å²) >= 11 is 0. The third kappa shape index (κ3) is 3.94. The van der Waals surface area contributed by atoms with Crippen molar-refractivity contribution in [2.45, 2.75) is 51.6 Å². The molecule has 1 fully saturated rings. The van der Waals surface area contributed by atoms with Crippen molar-refractivity contribution in [3.63, 3.8) is 0 Å². The summed E-state index contributed by atoms with van der Waals surface area (Å²) < 4.78 is 40.7. The fourth-order valence-corrected chi connectivity index (χ4v) is 3.47. The van der Waals surface area contributed by atoms with Crippen molar-refractivity contribution in [1.29, 1.82) is 0 Å². The first-order chi connectivity index (χ1) is 12.2. The van der Waals surface area contributed by atoms with E-state index in [1.54, 1.807) is 6.07 Å². The Bertz CT molecular complexity index is 762. The van der Waals surface area contributed by atoms with Crippen molar-refractivity contribution in [3.05, 3.63) is 52.8 Å². The molecule has 7 heteroatoms. The van der Waals surface area contributed by atoms with E-state index in [2.05, 4.69) is 10.00 Å². The summed E-state index contributed by atoms with van der Waals surface area (Å²) in [5.74, 6) is 0. The number of aryl methyl sites for hydroxylation is 2. The molecule has 2 aromatic rings. The number of piperidine rings is 1. The van der Waals surface area contributed by atoms with Crippen LogP contribution in [0.1, 0.15) is 42.1 Å². The van der Waals surface area contributed by atoms with E-state index >= 15 is 0 Å². The molecule has 3 rings (SSSR count). The Labute approximate surface area is 151 Å². The number of alkyl halides is 3. The van der Waals surface area contributed by atoms with Gasteiger partial charge in [-0.3, -0.25) is 9.58 Å². The lowest BCUT2D eigenvalue weighted by Gasteiger charge is -2.38. The molecule has 1 aliphatic rings. The van der Waals surface area contributed by atoms with Crippen molar-refractivity contribution in [2.24, 2.45) is 0 Å². The Balaban J connectivity index is 1.68. The van der Waals surface area contributed by atoms with E-state index < -0.39 is 17.3 Å². The zero-order chi connectivity index (χ0) is 18.9. The Morgan fingerprint density at radius 1 is 1.23 bits per heavy atom. The maximum atomic E-state index is 12.9. The number of aliphatic hydroxyl groups is 1. The molecule has 1 aromatic heterocycles. The smallest absolute Gasteiger partial charge is 0.385 e. The topological polar surface area (TPSA) is 41.3 Å². The van der Waals surface area contributed by atoms with Crippen molar-refractivity contribution >= 4 is 0 Å². The van der Waals surface area contributed by atoms with Gasteiger partial charge in [-0.2, -0.15) is 18.3 Å². The van der Waals surface area contributed by atoms with E-state index in [1.807, 2.05) is 24.7 Å². The SMILES string of the molecule is CCn1cc(CN2CCC(O)(c3cccc(C(F)(F)F)c3)CC2)c(C)n1. The van der Waals surface area contributed by atoms with Crippen molar-refractivity contribution < 1.29 is 18.3 Å². The van der Waals surface area contributed by atoms with Gasteiger partial charge in [-0.15, -0.1) is 0 Å². The average molecular weight is 367 g/mol. The molecular weight excluding hydrogens is 343 g/mol. The van der Waals surface area contributed by atoms with Gasteiger partial charge in [0.05, 0.1) is 16.9 Å². The molecular formula is C19H24F3N3O. The normalized spacial score (nSPS) is 18.2. The van der Waals surface area contributed by atoms with Gasteiger partial charge in [-0.05, 0) is 44.4 Å². The third-order valence-electron chi connectivity index (χ3n) is 5.18. The number of aromatic nitrogens is 2. The Hall–Kier alpha value is -1.86. The zero-order valence-corrected chi connectivity index (χ0v) is 15.1. The van der Waals surface area contributed by atoms with Crippen LogP contribution >= 0.6 is 0 Å². The summed E-state index contributed by atoms with van der Waals surface area (Å²) in [6.45, 7) is 6.82. The minimum atomic E-state index is -4.40. The molecule has 0 aliphatic carbocycles. The summed E-state index contributed by atoms with van der Waals surface area (Å²) in [7, 11) is 0. The van der Waals surface area contributed by atoms with Gasteiger partial charge in [0.25, 0.3) is 0 Å². The van der Waals surface area contributed by atoms with Crippen molar-refractivity contribution in [1.82, 2.24) is 14.7 Å². The predicted octanol–water partition coefficient (Wildman–Crippen LogP) is 3.71. The molecule has 0 saturated carbocycles. The fraction of sp³-hybridized carbons (Fsp3) is 0.526. The van der Waals surface area contributed by atoms with Gasteiger partial charge in [0.15, 0.2) is 0 Å². The monoisotopic (exact) mass is 367 g/mol. The highest BCUT2D eigenvalue weighted by atomic mass is 19.4. The van der Waals surface area contributed by atoms with E-state index in [4.69, 9.17) is 0 Å². The maximum absolute atomic E-state index is 12.9. The third-order valence-corrected chi connectivity index (χ3v) is 5.18. The second kappa shape index (κ2) is 7.04. The quantitative estimate of drug-likeness (QED) is 0.896. The van der Waals surface area contributed by atoms with Gasteiger partial charge in [-0.25, -0.2) is 0 Å². The van der Waals surface area contributed by atoms with Crippen LogP contribution < -0.4 is 0 Å². The number of hydrogen-bond donors (Lipinski definition) is 1. The van der Waals surface area contributed by atoms with Crippen LogP contribution in [0.5, 0.6) is 0 Å². The van der Waals surface area contributed by atoms with Gasteiger partial charge >= 0.3 is 6.18 Å². The minimum Gasteiger partial charge on any atom is -0.385 e.